The predicted molar refractivity (Wildman–Crippen MR) is 74.2 cm³/mol. The van der Waals surface area contributed by atoms with Crippen molar-refractivity contribution in [2.45, 2.75) is 12.2 Å². The highest BCUT2D eigenvalue weighted by Gasteiger charge is 2.40. The maximum absolute atomic E-state index is 13.2. The zero-order valence-electron chi connectivity index (χ0n) is 11.9. The number of hydrogen-bond acceptors (Lipinski definition) is 4. The van der Waals surface area contributed by atoms with Gasteiger partial charge in [0.25, 0.3) is 11.5 Å². The van der Waals surface area contributed by atoms with Crippen LogP contribution in [0.3, 0.4) is 0 Å². The zero-order chi connectivity index (χ0) is 17.9. The van der Waals surface area contributed by atoms with Crippen LogP contribution < -0.4 is 10.9 Å². The summed E-state index contributed by atoms with van der Waals surface area (Å²) in [5.74, 6) is -1.99. The van der Waals surface area contributed by atoms with Crippen LogP contribution in [-0.2, 0) is 0 Å². The number of halogens is 4. The van der Waals surface area contributed by atoms with Crippen molar-refractivity contribution in [3.8, 4) is 5.69 Å². The van der Waals surface area contributed by atoms with Crippen molar-refractivity contribution in [3.05, 3.63) is 58.3 Å². The summed E-state index contributed by atoms with van der Waals surface area (Å²) in [4.78, 5) is 24.1. The van der Waals surface area contributed by atoms with E-state index in [2.05, 4.69) is 5.10 Å². The Morgan fingerprint density at radius 2 is 2.04 bits per heavy atom. The quantitative estimate of drug-likeness (QED) is 0.811. The van der Waals surface area contributed by atoms with E-state index in [1.807, 2.05) is 0 Å². The maximum atomic E-state index is 13.2. The third-order valence-electron chi connectivity index (χ3n) is 3.03. The first-order chi connectivity index (χ1) is 11.2. The monoisotopic (exact) mass is 345 g/mol. The van der Waals surface area contributed by atoms with Crippen molar-refractivity contribution < 1.29 is 27.5 Å². The molecule has 2 N–H and O–H groups in total. The molecule has 0 radical (unpaired) electrons. The first-order valence-electron chi connectivity index (χ1n) is 6.56. The van der Waals surface area contributed by atoms with Gasteiger partial charge in [-0.2, -0.15) is 23.0 Å². The van der Waals surface area contributed by atoms with E-state index in [0.29, 0.717) is 4.68 Å². The average Bonchev–Trinajstić information content (AvgIpc) is 2.51. The van der Waals surface area contributed by atoms with Crippen molar-refractivity contribution in [2.75, 3.05) is 6.61 Å². The molecule has 0 aliphatic heterocycles. The van der Waals surface area contributed by atoms with E-state index < -0.39 is 41.7 Å². The van der Waals surface area contributed by atoms with Gasteiger partial charge in [-0.3, -0.25) is 9.59 Å². The summed E-state index contributed by atoms with van der Waals surface area (Å²) in [6.45, 7) is -1.38. The molecular weight excluding hydrogens is 334 g/mol. The second kappa shape index (κ2) is 6.79. The van der Waals surface area contributed by atoms with Gasteiger partial charge in [-0.25, -0.2) is 4.39 Å². The number of aromatic nitrogens is 2. The lowest BCUT2D eigenvalue weighted by atomic mass is 10.2. The number of amides is 1. The van der Waals surface area contributed by atoms with Gasteiger partial charge in [-0.1, -0.05) is 6.07 Å². The molecule has 1 atom stereocenters. The van der Waals surface area contributed by atoms with Gasteiger partial charge >= 0.3 is 6.18 Å². The largest absolute Gasteiger partial charge is 0.410 e. The second-order valence-corrected chi connectivity index (χ2v) is 4.69. The smallest absolute Gasteiger partial charge is 0.394 e. The van der Waals surface area contributed by atoms with E-state index in [-0.39, 0.29) is 5.69 Å². The molecule has 0 saturated heterocycles. The number of nitrogens with zero attached hydrogens (tertiary/aromatic N) is 2. The standard InChI is InChI=1S/C14H11F4N3O3/c15-8-2-1-3-9(6-8)21-13(24)10(4-5-19-21)12(23)20-11(7-22)14(16,17)18/h1-6,11,22H,7H2,(H,20,23). The van der Waals surface area contributed by atoms with Crippen molar-refractivity contribution in [2.24, 2.45) is 0 Å². The molecule has 0 saturated carbocycles. The first-order valence-corrected chi connectivity index (χ1v) is 6.56. The van der Waals surface area contributed by atoms with Crippen LogP contribution in [0.25, 0.3) is 5.69 Å². The number of alkyl halides is 3. The van der Waals surface area contributed by atoms with Crippen LogP contribution in [-0.4, -0.2) is 39.6 Å². The molecule has 2 rings (SSSR count). The highest BCUT2D eigenvalue weighted by Crippen LogP contribution is 2.19. The summed E-state index contributed by atoms with van der Waals surface area (Å²) in [5.41, 5.74) is -1.65. The van der Waals surface area contributed by atoms with E-state index in [0.717, 1.165) is 24.4 Å². The van der Waals surface area contributed by atoms with E-state index in [9.17, 15) is 27.2 Å². The molecule has 1 unspecified atom stereocenters. The van der Waals surface area contributed by atoms with Crippen LogP contribution in [0.15, 0.2) is 41.3 Å². The zero-order valence-corrected chi connectivity index (χ0v) is 11.9. The number of rotatable bonds is 4. The Labute approximate surface area is 132 Å². The van der Waals surface area contributed by atoms with Crippen molar-refractivity contribution >= 4 is 5.91 Å². The summed E-state index contributed by atoms with van der Waals surface area (Å²) in [5, 5.41) is 13.9. The van der Waals surface area contributed by atoms with Crippen molar-refractivity contribution in [1.82, 2.24) is 15.1 Å². The molecule has 1 amide bonds. The molecule has 10 heteroatoms. The number of benzene rings is 1. The summed E-state index contributed by atoms with van der Waals surface area (Å²) < 4.78 is 51.6. The first kappa shape index (κ1) is 17.6. The molecule has 1 heterocycles. The molecule has 1 aromatic carbocycles. The van der Waals surface area contributed by atoms with E-state index >= 15 is 0 Å². The number of hydrogen-bond donors (Lipinski definition) is 2. The number of carbonyl (C=O) groups excluding carboxylic acids is 1. The van der Waals surface area contributed by atoms with Gasteiger partial charge < -0.3 is 10.4 Å². The molecule has 0 aliphatic rings. The van der Waals surface area contributed by atoms with Gasteiger partial charge in [0.1, 0.15) is 17.4 Å². The molecule has 2 aromatic rings. The van der Waals surface area contributed by atoms with Crippen LogP contribution >= 0.6 is 0 Å². The number of aliphatic hydroxyl groups is 1. The molecule has 128 valence electrons. The van der Waals surface area contributed by atoms with Gasteiger partial charge in [0.15, 0.2) is 0 Å². The Morgan fingerprint density at radius 1 is 1.33 bits per heavy atom. The van der Waals surface area contributed by atoms with Crippen LogP contribution in [0.5, 0.6) is 0 Å². The fourth-order valence-corrected chi connectivity index (χ4v) is 1.84. The summed E-state index contributed by atoms with van der Waals surface area (Å²) in [6.07, 6.45) is -3.86. The minimum Gasteiger partial charge on any atom is -0.394 e. The summed E-state index contributed by atoms with van der Waals surface area (Å²) in [7, 11) is 0. The Morgan fingerprint density at radius 3 is 2.62 bits per heavy atom. The molecule has 0 fully saturated rings. The minimum atomic E-state index is -4.88. The van der Waals surface area contributed by atoms with Gasteiger partial charge in [-0.05, 0) is 24.3 Å². The van der Waals surface area contributed by atoms with Gasteiger partial charge in [-0.15, -0.1) is 0 Å². The van der Waals surface area contributed by atoms with E-state index in [1.165, 1.54) is 17.4 Å². The third-order valence-corrected chi connectivity index (χ3v) is 3.03. The van der Waals surface area contributed by atoms with E-state index in [1.54, 1.807) is 0 Å². The van der Waals surface area contributed by atoms with Crippen LogP contribution in [0.1, 0.15) is 10.4 Å². The van der Waals surface area contributed by atoms with E-state index in [4.69, 9.17) is 5.11 Å². The molecule has 24 heavy (non-hydrogen) atoms. The lowest BCUT2D eigenvalue weighted by molar-refractivity contribution is -0.161. The number of aliphatic hydroxyl groups excluding tert-OH is 1. The Hall–Kier alpha value is -2.75. The predicted octanol–water partition coefficient (Wildman–Crippen LogP) is 1.02. The Kier molecular flexibility index (Phi) is 4.98. The third kappa shape index (κ3) is 3.77. The SMILES string of the molecule is O=C(NC(CO)C(F)(F)F)c1ccnn(-c2cccc(F)c2)c1=O. The molecule has 1 aromatic heterocycles. The maximum Gasteiger partial charge on any atom is 0.410 e. The summed E-state index contributed by atoms with van der Waals surface area (Å²) in [6, 6.07) is 3.16. The fraction of sp³-hybridized carbons (Fsp3) is 0.214. The second-order valence-electron chi connectivity index (χ2n) is 4.69. The molecule has 0 bridgehead atoms. The highest BCUT2D eigenvalue weighted by atomic mass is 19.4. The highest BCUT2D eigenvalue weighted by molar-refractivity contribution is 5.94. The van der Waals surface area contributed by atoms with Crippen LogP contribution in [0.4, 0.5) is 17.6 Å². The molecule has 0 spiro atoms. The lowest BCUT2D eigenvalue weighted by Gasteiger charge is -2.19. The van der Waals surface area contributed by atoms with Gasteiger partial charge in [0.2, 0.25) is 0 Å². The number of carbonyl (C=O) groups is 1. The number of nitrogens with one attached hydrogen (secondary N) is 1. The van der Waals surface area contributed by atoms with Crippen LogP contribution in [0.2, 0.25) is 0 Å². The summed E-state index contributed by atoms with van der Waals surface area (Å²) >= 11 is 0. The average molecular weight is 345 g/mol. The van der Waals surface area contributed by atoms with Gasteiger partial charge in [0, 0.05) is 6.20 Å². The lowest BCUT2D eigenvalue weighted by Crippen LogP contribution is -2.49. The molecule has 0 aliphatic carbocycles. The topological polar surface area (TPSA) is 84.2 Å². The van der Waals surface area contributed by atoms with Crippen molar-refractivity contribution in [1.29, 1.82) is 0 Å². The fourth-order valence-electron chi connectivity index (χ4n) is 1.84. The molecule has 6 nitrogen and oxygen atoms in total. The van der Waals surface area contributed by atoms with Gasteiger partial charge in [0.05, 0.1) is 12.3 Å². The Bertz CT molecular complexity index is 804. The van der Waals surface area contributed by atoms with Crippen molar-refractivity contribution in [3.63, 3.8) is 0 Å². The Balaban J connectivity index is 2.37. The van der Waals surface area contributed by atoms with Crippen LogP contribution in [0, 0.1) is 5.82 Å². The minimum absolute atomic E-state index is 0.00387. The normalized spacial score (nSPS) is 12.7. The molecular formula is C14H11F4N3O3.